The first-order chi connectivity index (χ1) is 29.2. The minimum absolute atomic E-state index is 0.0713. The van der Waals surface area contributed by atoms with Crippen molar-refractivity contribution in [3.8, 4) is 0 Å². The van der Waals surface area contributed by atoms with E-state index in [2.05, 4.69) is 16.1 Å². The Balaban J connectivity index is 1.62. The minimum atomic E-state index is -1.11. The number of hydrogen-bond acceptors (Lipinski definition) is 9. The van der Waals surface area contributed by atoms with E-state index in [0.717, 1.165) is 17.6 Å². The van der Waals surface area contributed by atoms with E-state index in [1.54, 1.807) is 32.1 Å². The molecule has 3 aliphatic rings. The Labute approximate surface area is 363 Å². The summed E-state index contributed by atoms with van der Waals surface area (Å²) in [5.74, 6) is -3.24. The molecule has 12 heteroatoms. The van der Waals surface area contributed by atoms with Crippen LogP contribution in [0.1, 0.15) is 124 Å². The van der Waals surface area contributed by atoms with Crippen molar-refractivity contribution in [3.63, 3.8) is 0 Å². The van der Waals surface area contributed by atoms with Gasteiger partial charge in [0.1, 0.15) is 30.0 Å². The number of hydrazine groups is 1. The average Bonchev–Trinajstić information content (AvgIpc) is 3.25. The maximum atomic E-state index is 14.3. The van der Waals surface area contributed by atoms with Crippen molar-refractivity contribution in [3.05, 3.63) is 84.0 Å². The highest BCUT2D eigenvalue weighted by Gasteiger charge is 2.38. The van der Waals surface area contributed by atoms with E-state index in [0.29, 0.717) is 44.6 Å². The highest BCUT2D eigenvalue weighted by molar-refractivity contribution is 5.93. The Morgan fingerprint density at radius 1 is 0.885 bits per heavy atom. The molecule has 61 heavy (non-hydrogen) atoms. The van der Waals surface area contributed by atoms with Crippen LogP contribution in [0.25, 0.3) is 0 Å². The molecule has 0 spiro atoms. The molecule has 1 aromatic rings. The minimum Gasteiger partial charge on any atom is -0.456 e. The lowest BCUT2D eigenvalue weighted by atomic mass is 9.85. The summed E-state index contributed by atoms with van der Waals surface area (Å²) in [6.07, 6.45) is 20.4. The molecule has 334 valence electrons. The summed E-state index contributed by atoms with van der Waals surface area (Å²) in [6.45, 7) is 8.98. The van der Waals surface area contributed by atoms with Crippen molar-refractivity contribution >= 4 is 35.3 Å². The van der Waals surface area contributed by atoms with Gasteiger partial charge in [-0.1, -0.05) is 120 Å². The second-order valence-corrected chi connectivity index (χ2v) is 17.6. The number of amides is 3. The lowest BCUT2D eigenvalue weighted by Gasteiger charge is -2.36. The number of nitrogens with zero attached hydrogens (tertiary/aromatic N) is 1. The van der Waals surface area contributed by atoms with E-state index < -0.39 is 59.9 Å². The molecule has 6 unspecified atom stereocenters. The molecule has 12 nitrogen and oxygen atoms in total. The van der Waals surface area contributed by atoms with Gasteiger partial charge in [0.05, 0.1) is 12.0 Å². The Morgan fingerprint density at radius 3 is 2.28 bits per heavy atom. The Kier molecular flexibility index (Phi) is 20.3. The largest absolute Gasteiger partial charge is 0.456 e. The summed E-state index contributed by atoms with van der Waals surface area (Å²) in [6, 6.07) is 6.32. The van der Waals surface area contributed by atoms with Gasteiger partial charge in [-0.15, -0.1) is 0 Å². The summed E-state index contributed by atoms with van der Waals surface area (Å²) in [5, 5.41) is 18.6. The molecule has 1 aliphatic carbocycles. The third-order valence-corrected chi connectivity index (χ3v) is 12.2. The lowest BCUT2D eigenvalue weighted by Crippen LogP contribution is -2.62. The van der Waals surface area contributed by atoms with Crippen molar-refractivity contribution < 1.29 is 38.6 Å². The third-order valence-electron chi connectivity index (χ3n) is 12.2. The molecule has 4 rings (SSSR count). The summed E-state index contributed by atoms with van der Waals surface area (Å²) >= 11 is 0. The third kappa shape index (κ3) is 16.3. The number of benzene rings is 1. The van der Waals surface area contributed by atoms with Gasteiger partial charge in [-0.2, -0.15) is 0 Å². The predicted molar refractivity (Wildman–Crippen MR) is 236 cm³/mol. The lowest BCUT2D eigenvalue weighted by molar-refractivity contribution is -0.156. The van der Waals surface area contributed by atoms with Crippen LogP contribution in [-0.2, 0) is 39.9 Å². The van der Waals surface area contributed by atoms with Crippen LogP contribution in [-0.4, -0.2) is 82.3 Å². The zero-order chi connectivity index (χ0) is 44.3. The van der Waals surface area contributed by atoms with Gasteiger partial charge in [0.15, 0.2) is 5.78 Å². The fraction of sp³-hybridized carbons (Fsp3) is 0.592. The van der Waals surface area contributed by atoms with E-state index in [1.807, 2.05) is 68.5 Å². The first-order valence-corrected chi connectivity index (χ1v) is 22.5. The van der Waals surface area contributed by atoms with Gasteiger partial charge in [-0.3, -0.25) is 29.0 Å². The first-order valence-electron chi connectivity index (χ1n) is 22.5. The van der Waals surface area contributed by atoms with Gasteiger partial charge in [0, 0.05) is 32.2 Å². The van der Waals surface area contributed by atoms with Crippen LogP contribution in [0.5, 0.6) is 0 Å². The number of allylic oxidation sites excluding steroid dienone is 6. The normalized spacial score (nSPS) is 28.3. The van der Waals surface area contributed by atoms with E-state index in [9.17, 15) is 33.9 Å². The van der Waals surface area contributed by atoms with Crippen LogP contribution in [0.4, 0.5) is 0 Å². The van der Waals surface area contributed by atoms with Crippen LogP contribution in [0.15, 0.2) is 78.4 Å². The number of aliphatic hydroxyl groups is 1. The number of carbonyl (C=O) groups excluding carboxylic acids is 6. The zero-order valence-electron chi connectivity index (χ0n) is 37.0. The molecule has 2 heterocycles. The second-order valence-electron chi connectivity index (χ2n) is 17.6. The molecule has 3 amide bonds. The standard InChI is InChI=1S/C49H70N4O8/c1-33(2)44-47(58)50-42(32-38-22-13-9-14-23-38)48(59)53-31-17-25-41(52-53)49(60)61-43(34(3)19-16-24-39(55)29-28-37-20-11-8-12-21-37)26-15-7-6-10-18-35(4)45(56)40(46(57)51-44)30-27-36(5)54/h6-7,9-10,13-16,19,22-24,33,35,37,40-45,52,56H,8,11-12,17-18,20-21,25-32H2,1-5H3,(H,50,58)(H,51,57)/b10-6+,15-7+,24-16+,34-19+/t35?,40?,41?,42?,43-,44?,45?/m0/s1. The van der Waals surface area contributed by atoms with Crippen molar-refractivity contribution in [1.82, 2.24) is 21.1 Å². The molecule has 2 fully saturated rings. The van der Waals surface area contributed by atoms with E-state index >= 15 is 0 Å². The van der Waals surface area contributed by atoms with Gasteiger partial charge in [-0.05, 0) is 80.9 Å². The summed E-state index contributed by atoms with van der Waals surface area (Å²) in [7, 11) is 0. The van der Waals surface area contributed by atoms with E-state index in [4.69, 9.17) is 4.74 Å². The molecule has 0 aromatic heterocycles. The molecule has 1 saturated heterocycles. The first kappa shape index (κ1) is 49.0. The van der Waals surface area contributed by atoms with Gasteiger partial charge in [-0.25, -0.2) is 5.43 Å². The number of esters is 1. The maximum Gasteiger partial charge on any atom is 0.325 e. The maximum absolute atomic E-state index is 14.3. The SMILES string of the molecule is CC(=O)CCC1C(=O)NC(C(C)C)C(=O)NC(Cc2ccccc2)C(=O)N2CCCC(N2)C(=O)O[C@H](/C(C)=C/C=C/C(=O)CCC2CCCCC2)C/C=C/C=C/CC(C)C1O. The predicted octanol–water partition coefficient (Wildman–Crippen LogP) is 6.58. The monoisotopic (exact) mass is 843 g/mol. The number of carbonyl (C=O) groups is 6. The highest BCUT2D eigenvalue weighted by atomic mass is 16.5. The molecule has 0 radical (unpaired) electrons. The quantitative estimate of drug-likeness (QED) is 0.103. The number of cyclic esters (lactones) is 1. The van der Waals surface area contributed by atoms with Crippen molar-refractivity contribution in [2.75, 3.05) is 6.54 Å². The smallest absolute Gasteiger partial charge is 0.325 e. The van der Waals surface area contributed by atoms with E-state index in [1.165, 1.54) is 44.0 Å². The van der Waals surface area contributed by atoms with Gasteiger partial charge in [0.2, 0.25) is 11.8 Å². The molecule has 2 aliphatic heterocycles. The van der Waals surface area contributed by atoms with E-state index in [-0.39, 0.29) is 42.7 Å². The number of Topliss-reactive ketones (excluding diaryl/α,β-unsaturated/α-hetero) is 1. The number of ketones is 2. The molecular weight excluding hydrogens is 773 g/mol. The van der Waals surface area contributed by atoms with Crippen molar-refractivity contribution in [2.24, 2.45) is 23.7 Å². The van der Waals surface area contributed by atoms with Gasteiger partial charge in [0.25, 0.3) is 5.91 Å². The molecular formula is C49H70N4O8. The summed E-state index contributed by atoms with van der Waals surface area (Å²) in [5.41, 5.74) is 4.63. The zero-order valence-corrected chi connectivity index (χ0v) is 37.0. The molecule has 1 aromatic carbocycles. The second kappa shape index (κ2) is 25.3. The Bertz CT molecular complexity index is 1750. The van der Waals surface area contributed by atoms with Crippen LogP contribution >= 0.6 is 0 Å². The summed E-state index contributed by atoms with van der Waals surface area (Å²) in [4.78, 5) is 81.0. The van der Waals surface area contributed by atoms with Crippen LogP contribution < -0.4 is 16.1 Å². The van der Waals surface area contributed by atoms with Crippen LogP contribution in [0.3, 0.4) is 0 Å². The molecule has 7 atom stereocenters. The number of hydrogen-bond donors (Lipinski definition) is 4. The Hall–Kier alpha value is -4.68. The average molecular weight is 843 g/mol. The number of fused-ring (bicyclic) bond motifs is 2. The fourth-order valence-electron chi connectivity index (χ4n) is 8.28. The topological polar surface area (TPSA) is 171 Å². The van der Waals surface area contributed by atoms with Crippen LogP contribution in [0.2, 0.25) is 0 Å². The number of nitrogens with one attached hydrogen (secondary N) is 3. The number of aliphatic hydroxyl groups excluding tert-OH is 1. The Morgan fingerprint density at radius 2 is 1.59 bits per heavy atom. The number of rotatable bonds is 12. The number of ether oxygens (including phenoxy) is 1. The van der Waals surface area contributed by atoms with Crippen LogP contribution in [0, 0.1) is 23.7 Å². The van der Waals surface area contributed by atoms with Gasteiger partial charge < -0.3 is 25.3 Å². The van der Waals surface area contributed by atoms with Gasteiger partial charge >= 0.3 is 5.97 Å². The molecule has 2 bridgehead atoms. The summed E-state index contributed by atoms with van der Waals surface area (Å²) < 4.78 is 6.13. The molecule has 4 N–H and O–H groups in total. The molecule has 1 saturated carbocycles. The fourth-order valence-corrected chi connectivity index (χ4v) is 8.28. The van der Waals surface area contributed by atoms with Crippen molar-refractivity contribution in [2.45, 2.75) is 155 Å². The van der Waals surface area contributed by atoms with Crippen molar-refractivity contribution in [1.29, 1.82) is 0 Å². The highest BCUT2D eigenvalue weighted by Crippen LogP contribution is 2.28.